The highest BCUT2D eigenvalue weighted by Crippen LogP contribution is 2.32. The Morgan fingerprint density at radius 2 is 1.83 bits per heavy atom. The van der Waals surface area contributed by atoms with E-state index >= 15 is 0 Å². The molecular formula is C18H12Cl2FN5O3. The Balaban J connectivity index is 1.48. The molecule has 2 aliphatic heterocycles. The van der Waals surface area contributed by atoms with Crippen molar-refractivity contribution < 1.29 is 18.8 Å². The molecule has 1 saturated heterocycles. The molecule has 2 aromatic rings. The van der Waals surface area contributed by atoms with E-state index in [2.05, 4.69) is 15.7 Å². The fourth-order valence-electron chi connectivity index (χ4n) is 3.12. The summed E-state index contributed by atoms with van der Waals surface area (Å²) >= 11 is 11.5. The number of nitrogens with zero attached hydrogens (tertiary/aromatic N) is 4. The van der Waals surface area contributed by atoms with Gasteiger partial charge >= 0.3 is 0 Å². The second kappa shape index (κ2) is 7.41. The number of nitrogens with one attached hydrogen (secondary N) is 1. The molecule has 2 aliphatic rings. The Bertz CT molecular complexity index is 1050. The summed E-state index contributed by atoms with van der Waals surface area (Å²) < 4.78 is 13.2. The number of imide groups is 1. The van der Waals surface area contributed by atoms with Crippen LogP contribution in [0.4, 0.5) is 15.8 Å². The van der Waals surface area contributed by atoms with Gasteiger partial charge in [-0.15, -0.1) is 0 Å². The summed E-state index contributed by atoms with van der Waals surface area (Å²) in [4.78, 5) is 38.8. The predicted octanol–water partition coefficient (Wildman–Crippen LogP) is 3.06. The second-order valence-electron chi connectivity index (χ2n) is 6.36. The van der Waals surface area contributed by atoms with E-state index in [1.54, 1.807) is 24.3 Å². The van der Waals surface area contributed by atoms with Gasteiger partial charge in [-0.25, -0.2) is 9.29 Å². The van der Waals surface area contributed by atoms with E-state index < -0.39 is 35.6 Å². The Labute approximate surface area is 173 Å². The molecule has 0 radical (unpaired) electrons. The van der Waals surface area contributed by atoms with Crippen LogP contribution in [0.25, 0.3) is 0 Å². The lowest BCUT2D eigenvalue weighted by molar-refractivity contribution is -0.123. The highest BCUT2D eigenvalue weighted by molar-refractivity contribution is 6.31. The third kappa shape index (κ3) is 3.54. The maximum atomic E-state index is 13.2. The van der Waals surface area contributed by atoms with Crippen LogP contribution in [0.15, 0.2) is 52.8 Å². The van der Waals surface area contributed by atoms with E-state index in [9.17, 15) is 18.8 Å². The Morgan fingerprint density at radius 1 is 1.10 bits per heavy atom. The van der Waals surface area contributed by atoms with Crippen molar-refractivity contribution in [2.45, 2.75) is 12.1 Å². The number of hydrogen-bond acceptors (Lipinski definition) is 6. The molecule has 0 spiro atoms. The zero-order valence-corrected chi connectivity index (χ0v) is 16.1. The van der Waals surface area contributed by atoms with Gasteiger partial charge in [0.1, 0.15) is 12.4 Å². The minimum absolute atomic E-state index is 0.140. The number of rotatable bonds is 4. The molecule has 0 aromatic heterocycles. The van der Waals surface area contributed by atoms with Gasteiger partial charge < -0.3 is 5.32 Å². The fourth-order valence-corrected chi connectivity index (χ4v) is 3.43. The van der Waals surface area contributed by atoms with Gasteiger partial charge in [0.2, 0.25) is 5.91 Å². The monoisotopic (exact) mass is 435 g/mol. The van der Waals surface area contributed by atoms with Crippen molar-refractivity contribution in [1.82, 2.24) is 5.01 Å². The Kier molecular flexibility index (Phi) is 4.93. The molecule has 0 aliphatic carbocycles. The van der Waals surface area contributed by atoms with Crippen LogP contribution in [-0.4, -0.2) is 41.4 Å². The number of anilines is 2. The molecule has 3 amide bonds. The van der Waals surface area contributed by atoms with Gasteiger partial charge in [-0.05, 0) is 42.5 Å². The minimum Gasteiger partial charge on any atom is -0.324 e. The number of benzene rings is 2. The number of amides is 3. The lowest BCUT2D eigenvalue weighted by Crippen LogP contribution is -2.43. The van der Waals surface area contributed by atoms with Crippen molar-refractivity contribution in [2.75, 3.05) is 16.8 Å². The largest absolute Gasteiger partial charge is 0.324 e. The number of fused-ring (bicyclic) bond motifs is 1. The topological polar surface area (TPSA) is 94.4 Å². The van der Waals surface area contributed by atoms with Crippen LogP contribution in [0.1, 0.15) is 0 Å². The molecule has 29 heavy (non-hydrogen) atoms. The van der Waals surface area contributed by atoms with Crippen molar-refractivity contribution in [2.24, 2.45) is 10.3 Å². The number of hydrogen-bond donors (Lipinski definition) is 1. The van der Waals surface area contributed by atoms with E-state index in [0.717, 1.165) is 16.0 Å². The van der Waals surface area contributed by atoms with Crippen molar-refractivity contribution in [1.29, 1.82) is 0 Å². The molecular weight excluding hydrogens is 424 g/mol. The third-order valence-corrected chi connectivity index (χ3v) is 4.99. The summed E-state index contributed by atoms with van der Waals surface area (Å²) in [5, 5.41) is 11.7. The summed E-state index contributed by atoms with van der Waals surface area (Å²) in [6.45, 7) is -0.326. The van der Waals surface area contributed by atoms with Crippen LogP contribution >= 0.6 is 23.2 Å². The van der Waals surface area contributed by atoms with Gasteiger partial charge in [-0.1, -0.05) is 28.4 Å². The SMILES string of the molecule is O=C(CN1N=N[C@@H]2C(=O)N(c3ccc(Cl)cc3)C(=O)[C@@H]21)Nc1ccc(F)c(Cl)c1. The number of halogens is 3. The van der Waals surface area contributed by atoms with Gasteiger partial charge in [-0.2, -0.15) is 5.11 Å². The van der Waals surface area contributed by atoms with E-state index in [-0.39, 0.29) is 17.3 Å². The summed E-state index contributed by atoms with van der Waals surface area (Å²) in [5.41, 5.74) is 0.644. The van der Waals surface area contributed by atoms with Gasteiger partial charge in [0.15, 0.2) is 12.1 Å². The first-order valence-corrected chi connectivity index (χ1v) is 9.16. The Morgan fingerprint density at radius 3 is 2.52 bits per heavy atom. The van der Waals surface area contributed by atoms with Gasteiger partial charge in [0.05, 0.1) is 10.7 Å². The van der Waals surface area contributed by atoms with Crippen LogP contribution in [0.2, 0.25) is 10.0 Å². The van der Waals surface area contributed by atoms with Crippen molar-refractivity contribution in [3.8, 4) is 0 Å². The molecule has 0 bridgehead atoms. The molecule has 1 N–H and O–H groups in total. The smallest absolute Gasteiger partial charge is 0.263 e. The quantitative estimate of drug-likeness (QED) is 0.746. The maximum Gasteiger partial charge on any atom is 0.263 e. The average molecular weight is 436 g/mol. The molecule has 2 aromatic carbocycles. The van der Waals surface area contributed by atoms with E-state index in [0.29, 0.717) is 10.7 Å². The predicted molar refractivity (Wildman–Crippen MR) is 103 cm³/mol. The van der Waals surface area contributed by atoms with Crippen molar-refractivity contribution in [3.63, 3.8) is 0 Å². The molecule has 0 saturated carbocycles. The average Bonchev–Trinajstić information content (AvgIpc) is 3.19. The van der Waals surface area contributed by atoms with Crippen LogP contribution in [0, 0.1) is 5.82 Å². The van der Waals surface area contributed by atoms with Crippen LogP contribution in [0.3, 0.4) is 0 Å². The van der Waals surface area contributed by atoms with Gasteiger partial charge in [0.25, 0.3) is 11.8 Å². The first kappa shape index (κ1) is 19.3. The van der Waals surface area contributed by atoms with E-state index in [1.165, 1.54) is 12.1 Å². The third-order valence-electron chi connectivity index (χ3n) is 4.45. The molecule has 2 atom stereocenters. The Hall–Kier alpha value is -3.04. The first-order valence-electron chi connectivity index (χ1n) is 8.41. The molecule has 11 heteroatoms. The zero-order chi connectivity index (χ0) is 20.7. The summed E-state index contributed by atoms with van der Waals surface area (Å²) in [7, 11) is 0. The highest BCUT2D eigenvalue weighted by atomic mass is 35.5. The lowest BCUT2D eigenvalue weighted by Gasteiger charge is -2.20. The number of carbonyl (C=O) groups excluding carboxylic acids is 3. The second-order valence-corrected chi connectivity index (χ2v) is 7.20. The fraction of sp³-hybridized carbons (Fsp3) is 0.167. The van der Waals surface area contributed by atoms with Crippen LogP contribution in [0.5, 0.6) is 0 Å². The lowest BCUT2D eigenvalue weighted by atomic mass is 10.1. The van der Waals surface area contributed by atoms with Gasteiger partial charge in [-0.3, -0.25) is 19.4 Å². The number of carbonyl (C=O) groups is 3. The van der Waals surface area contributed by atoms with Crippen LogP contribution in [-0.2, 0) is 14.4 Å². The molecule has 8 nitrogen and oxygen atoms in total. The zero-order valence-electron chi connectivity index (χ0n) is 14.6. The van der Waals surface area contributed by atoms with E-state index in [4.69, 9.17) is 23.2 Å². The van der Waals surface area contributed by atoms with E-state index in [1.807, 2.05) is 0 Å². The molecule has 148 valence electrons. The summed E-state index contributed by atoms with van der Waals surface area (Å²) in [6, 6.07) is 7.91. The summed E-state index contributed by atoms with van der Waals surface area (Å²) in [6.07, 6.45) is 0. The molecule has 4 rings (SSSR count). The van der Waals surface area contributed by atoms with Gasteiger partial charge in [0, 0.05) is 10.7 Å². The highest BCUT2D eigenvalue weighted by Gasteiger charge is 2.55. The van der Waals surface area contributed by atoms with Crippen LogP contribution < -0.4 is 10.2 Å². The van der Waals surface area contributed by atoms with Crippen molar-refractivity contribution in [3.05, 3.63) is 58.3 Å². The molecule has 0 unspecified atom stereocenters. The standard InChI is InChI=1S/C18H12Cl2FN5O3/c19-9-1-4-11(5-2-9)26-17(28)15-16(18(26)29)25(24-23-15)8-14(27)22-10-3-6-13(21)12(20)7-10/h1-7,15-16H,8H2,(H,22,27)/t15-,16+/m0/s1. The normalized spacial score (nSPS) is 20.4. The van der Waals surface area contributed by atoms with Crippen molar-refractivity contribution >= 4 is 52.3 Å². The molecule has 2 heterocycles. The minimum atomic E-state index is -1.02. The maximum absolute atomic E-state index is 13.2. The first-order chi connectivity index (χ1) is 13.8. The summed E-state index contributed by atoms with van der Waals surface area (Å²) in [5.74, 6) is -2.21. The molecule has 1 fully saturated rings.